The van der Waals surface area contributed by atoms with Gasteiger partial charge >= 0.3 is 0 Å². The molecule has 7 heteroatoms. The Labute approximate surface area is 150 Å². The van der Waals surface area contributed by atoms with Crippen molar-refractivity contribution in [2.75, 3.05) is 21.3 Å². The van der Waals surface area contributed by atoms with Crippen LogP contribution in [-0.2, 0) is 0 Å². The zero-order valence-electron chi connectivity index (χ0n) is 14.7. The van der Waals surface area contributed by atoms with E-state index in [2.05, 4.69) is 15.5 Å². The molecule has 2 N–H and O–H groups in total. The van der Waals surface area contributed by atoms with E-state index in [9.17, 15) is 4.79 Å². The number of benzene rings is 2. The molecule has 3 aromatic rings. The predicted molar refractivity (Wildman–Crippen MR) is 99.5 cm³/mol. The van der Waals surface area contributed by atoms with Crippen LogP contribution in [-0.4, -0.2) is 38.4 Å². The monoisotopic (exact) mass is 353 g/mol. The van der Waals surface area contributed by atoms with Crippen LogP contribution in [0.3, 0.4) is 0 Å². The number of carbonyl (C=O) groups excluding carboxylic acids is 1. The summed E-state index contributed by atoms with van der Waals surface area (Å²) in [7, 11) is 4.60. The summed E-state index contributed by atoms with van der Waals surface area (Å²) in [4.78, 5) is 15.4. The van der Waals surface area contributed by atoms with Crippen molar-refractivity contribution in [3.8, 4) is 17.2 Å². The molecule has 0 unspecified atom stereocenters. The van der Waals surface area contributed by atoms with Crippen LogP contribution in [0.25, 0.3) is 10.9 Å². The molecule has 1 aromatic heterocycles. The fraction of sp³-hybridized carbons (Fsp3) is 0.158. The second kappa shape index (κ2) is 7.60. The van der Waals surface area contributed by atoms with Gasteiger partial charge in [-0.05, 0) is 18.2 Å². The van der Waals surface area contributed by atoms with Crippen molar-refractivity contribution in [2.45, 2.75) is 0 Å². The summed E-state index contributed by atoms with van der Waals surface area (Å²) in [5.41, 5.74) is 4.59. The molecule has 0 radical (unpaired) electrons. The van der Waals surface area contributed by atoms with Crippen LogP contribution >= 0.6 is 0 Å². The average Bonchev–Trinajstić information content (AvgIpc) is 3.11. The highest BCUT2D eigenvalue weighted by molar-refractivity contribution is 6.06. The van der Waals surface area contributed by atoms with E-state index < -0.39 is 0 Å². The van der Waals surface area contributed by atoms with Gasteiger partial charge in [-0.15, -0.1) is 0 Å². The Morgan fingerprint density at radius 1 is 1.04 bits per heavy atom. The van der Waals surface area contributed by atoms with E-state index in [1.165, 1.54) is 20.4 Å². The minimum atomic E-state index is -0.307. The van der Waals surface area contributed by atoms with Gasteiger partial charge in [0.25, 0.3) is 5.91 Å². The summed E-state index contributed by atoms with van der Waals surface area (Å²) in [5, 5.41) is 4.87. The predicted octanol–water partition coefficient (Wildman–Crippen LogP) is 2.96. The summed E-state index contributed by atoms with van der Waals surface area (Å²) in [6, 6.07) is 11.1. The topological polar surface area (TPSA) is 84.9 Å². The molecule has 134 valence electrons. The lowest BCUT2D eigenvalue weighted by Crippen LogP contribution is -2.17. The highest BCUT2D eigenvalue weighted by Crippen LogP contribution is 2.38. The highest BCUT2D eigenvalue weighted by Gasteiger charge is 2.15. The first kappa shape index (κ1) is 17.3. The molecule has 3 rings (SSSR count). The summed E-state index contributed by atoms with van der Waals surface area (Å²) in [5.74, 6) is 1.17. The summed E-state index contributed by atoms with van der Waals surface area (Å²) >= 11 is 0. The van der Waals surface area contributed by atoms with Gasteiger partial charge in [-0.25, -0.2) is 5.43 Å². The van der Waals surface area contributed by atoms with Crippen LogP contribution < -0.4 is 19.6 Å². The molecule has 0 aliphatic rings. The Hall–Kier alpha value is -3.48. The molecular weight excluding hydrogens is 334 g/mol. The molecule has 0 spiro atoms. The van der Waals surface area contributed by atoms with E-state index in [-0.39, 0.29) is 5.91 Å². The number of aromatic nitrogens is 1. The minimum absolute atomic E-state index is 0.307. The molecule has 1 amide bonds. The Bertz CT molecular complexity index is 963. The zero-order chi connectivity index (χ0) is 18.5. The number of aromatic amines is 1. The van der Waals surface area contributed by atoms with E-state index in [0.29, 0.717) is 28.4 Å². The van der Waals surface area contributed by atoms with E-state index in [4.69, 9.17) is 14.2 Å². The lowest BCUT2D eigenvalue weighted by Gasteiger charge is -2.13. The van der Waals surface area contributed by atoms with Crippen LogP contribution in [0.2, 0.25) is 0 Å². The lowest BCUT2D eigenvalue weighted by atomic mass is 10.2. The van der Waals surface area contributed by atoms with E-state index >= 15 is 0 Å². The normalized spacial score (nSPS) is 10.9. The van der Waals surface area contributed by atoms with Crippen LogP contribution in [0, 0.1) is 0 Å². The number of hydrazone groups is 1. The molecule has 0 aliphatic carbocycles. The van der Waals surface area contributed by atoms with Gasteiger partial charge < -0.3 is 19.2 Å². The number of H-pyrrole nitrogens is 1. The molecule has 0 bridgehead atoms. The number of ether oxygens (including phenoxy) is 3. The summed E-state index contributed by atoms with van der Waals surface area (Å²) in [6.07, 6.45) is 3.15. The number of para-hydroxylation sites is 1. The number of nitrogens with one attached hydrogen (secondary N) is 2. The molecule has 0 atom stereocenters. The smallest absolute Gasteiger partial charge is 0.273 e. The quantitative estimate of drug-likeness (QED) is 0.527. The first-order valence-corrected chi connectivity index (χ1v) is 7.88. The number of methoxy groups -OCH3 is 3. The largest absolute Gasteiger partial charge is 0.493 e. The van der Waals surface area contributed by atoms with Gasteiger partial charge in [-0.3, -0.25) is 4.79 Å². The molecular formula is C19H19N3O4. The van der Waals surface area contributed by atoms with Gasteiger partial charge in [0.2, 0.25) is 5.75 Å². The van der Waals surface area contributed by atoms with Gasteiger partial charge in [0.15, 0.2) is 11.5 Å². The number of nitrogens with zero attached hydrogens (tertiary/aromatic N) is 1. The molecule has 7 nitrogen and oxygen atoms in total. The molecule has 26 heavy (non-hydrogen) atoms. The van der Waals surface area contributed by atoms with Crippen molar-refractivity contribution >= 4 is 23.0 Å². The van der Waals surface area contributed by atoms with E-state index in [1.807, 2.05) is 24.3 Å². The fourth-order valence-corrected chi connectivity index (χ4v) is 2.71. The fourth-order valence-electron chi connectivity index (χ4n) is 2.71. The number of hydrogen-bond donors (Lipinski definition) is 2. The highest BCUT2D eigenvalue weighted by atomic mass is 16.5. The van der Waals surface area contributed by atoms with Gasteiger partial charge in [-0.2, -0.15) is 5.10 Å². The van der Waals surface area contributed by atoms with Crippen molar-refractivity contribution in [1.82, 2.24) is 10.4 Å². The minimum Gasteiger partial charge on any atom is -0.493 e. The van der Waals surface area contributed by atoms with Crippen LogP contribution in [0.5, 0.6) is 17.2 Å². The third kappa shape index (κ3) is 3.19. The van der Waals surface area contributed by atoms with Crippen molar-refractivity contribution in [3.63, 3.8) is 0 Å². The molecule has 0 aliphatic heterocycles. The average molecular weight is 353 g/mol. The summed E-state index contributed by atoms with van der Waals surface area (Å²) < 4.78 is 16.0. The van der Waals surface area contributed by atoms with Crippen LogP contribution in [0.15, 0.2) is 47.7 Å². The SMILES string of the molecule is COc1ccc(/C=N/NC(=O)c2c[nH]c3ccccc23)c(OC)c1OC. The van der Waals surface area contributed by atoms with Gasteiger partial charge in [-0.1, -0.05) is 18.2 Å². The van der Waals surface area contributed by atoms with Gasteiger partial charge in [0.1, 0.15) is 0 Å². The molecule has 0 fully saturated rings. The van der Waals surface area contributed by atoms with Crippen molar-refractivity contribution in [2.24, 2.45) is 5.10 Å². The molecule has 0 saturated carbocycles. The maximum Gasteiger partial charge on any atom is 0.273 e. The van der Waals surface area contributed by atoms with Crippen molar-refractivity contribution < 1.29 is 19.0 Å². The van der Waals surface area contributed by atoms with Gasteiger partial charge in [0.05, 0.1) is 33.1 Å². The summed E-state index contributed by atoms with van der Waals surface area (Å²) in [6.45, 7) is 0. The second-order valence-electron chi connectivity index (χ2n) is 5.37. The van der Waals surface area contributed by atoms with Crippen molar-refractivity contribution in [1.29, 1.82) is 0 Å². The Morgan fingerprint density at radius 2 is 1.81 bits per heavy atom. The van der Waals surface area contributed by atoms with E-state index in [0.717, 1.165) is 10.9 Å². The number of fused-ring (bicyclic) bond motifs is 1. The molecule has 2 aromatic carbocycles. The Kier molecular flexibility index (Phi) is 5.07. The lowest BCUT2D eigenvalue weighted by molar-refractivity contribution is 0.0957. The van der Waals surface area contributed by atoms with Crippen molar-refractivity contribution in [3.05, 3.63) is 53.7 Å². The van der Waals surface area contributed by atoms with Crippen LogP contribution in [0.1, 0.15) is 15.9 Å². The first-order valence-electron chi connectivity index (χ1n) is 7.88. The maximum absolute atomic E-state index is 12.4. The van der Waals surface area contributed by atoms with Crippen LogP contribution in [0.4, 0.5) is 0 Å². The third-order valence-electron chi connectivity index (χ3n) is 3.94. The first-order chi connectivity index (χ1) is 12.7. The second-order valence-corrected chi connectivity index (χ2v) is 5.37. The van der Waals surface area contributed by atoms with Gasteiger partial charge in [0, 0.05) is 22.7 Å². The molecule has 1 heterocycles. The van der Waals surface area contributed by atoms with E-state index in [1.54, 1.807) is 25.4 Å². The molecule has 0 saturated heterocycles. The maximum atomic E-state index is 12.4. The Morgan fingerprint density at radius 3 is 2.54 bits per heavy atom. The zero-order valence-corrected chi connectivity index (χ0v) is 14.7. The number of carbonyl (C=O) groups is 1. The third-order valence-corrected chi connectivity index (χ3v) is 3.94. The number of hydrogen-bond acceptors (Lipinski definition) is 5. The number of rotatable bonds is 6. The standard InChI is InChI=1S/C19H19N3O4/c1-24-16-9-8-12(17(25-2)18(16)26-3)10-21-22-19(23)14-11-20-15-7-5-4-6-13(14)15/h4-11,20H,1-3H3,(H,22,23)/b21-10+. The number of amides is 1. The Balaban J connectivity index is 1.81.